The lowest BCUT2D eigenvalue weighted by molar-refractivity contribution is -0.113. The Labute approximate surface area is 202 Å². The molecule has 1 rings (SSSR count). The molecule has 10 heteroatoms. The number of hydrogen-bond donors (Lipinski definition) is 4. The lowest BCUT2D eigenvalue weighted by Crippen LogP contribution is -2.27. The van der Waals surface area contributed by atoms with Gasteiger partial charge in [0.25, 0.3) is 11.8 Å². The van der Waals surface area contributed by atoms with Crippen molar-refractivity contribution in [2.24, 2.45) is 10.8 Å². The van der Waals surface area contributed by atoms with Gasteiger partial charge in [0.2, 0.25) is 0 Å². The molecule has 0 saturated heterocycles. The van der Waals surface area contributed by atoms with Gasteiger partial charge in [-0.3, -0.25) is 15.0 Å². The molecular weight excluding hydrogens is 582 g/mol. The molecule has 2 amide bonds. The number of allylic oxidation sites excluding steroid dienone is 4. The second kappa shape index (κ2) is 15.9. The van der Waals surface area contributed by atoms with Gasteiger partial charge in [0.05, 0.1) is 11.3 Å². The van der Waals surface area contributed by atoms with Crippen LogP contribution in [0.2, 0.25) is 0 Å². The van der Waals surface area contributed by atoms with Gasteiger partial charge in [-0.2, -0.15) is 5.10 Å². The van der Waals surface area contributed by atoms with Gasteiger partial charge in [-0.25, -0.2) is 0 Å². The molecule has 0 radical (unpaired) electrons. The average Bonchev–Trinajstić information content (AvgIpc) is 2.70. The van der Waals surface area contributed by atoms with Crippen LogP contribution in [-0.2, 0) is 4.79 Å². The predicted molar refractivity (Wildman–Crippen MR) is 136 cm³/mol. The van der Waals surface area contributed by atoms with Gasteiger partial charge >= 0.3 is 0 Å². The van der Waals surface area contributed by atoms with E-state index in [1.54, 1.807) is 24.4 Å². The third kappa shape index (κ3) is 10.2. The summed E-state index contributed by atoms with van der Waals surface area (Å²) in [5, 5.41) is 9.37. The summed E-state index contributed by atoms with van der Waals surface area (Å²) in [5.41, 5.74) is 9.69. The Hall–Kier alpha value is -1.91. The molecule has 0 aromatic heterocycles. The summed E-state index contributed by atoms with van der Waals surface area (Å²) < 4.78 is 1.29. The number of nitrogens with two attached hydrogens (primary N) is 1. The molecule has 0 unspecified atom stereocenters. The molecule has 0 aliphatic heterocycles. The van der Waals surface area contributed by atoms with E-state index in [1.807, 2.05) is 32.9 Å². The van der Waals surface area contributed by atoms with Crippen LogP contribution in [-0.4, -0.2) is 30.4 Å². The van der Waals surface area contributed by atoms with Gasteiger partial charge in [0.15, 0.2) is 0 Å². The quantitative estimate of drug-likeness (QED) is 0.112. The van der Waals surface area contributed by atoms with Crippen molar-refractivity contribution in [3.05, 3.63) is 62.3 Å². The largest absolute Gasteiger partial charge is 0.404 e. The van der Waals surface area contributed by atoms with Crippen LogP contribution in [0.15, 0.2) is 61.9 Å². The highest BCUT2D eigenvalue weighted by atomic mass is 79.9. The van der Waals surface area contributed by atoms with E-state index in [4.69, 9.17) is 5.73 Å². The van der Waals surface area contributed by atoms with E-state index < -0.39 is 5.91 Å². The van der Waals surface area contributed by atoms with Crippen LogP contribution in [0.5, 0.6) is 0 Å². The van der Waals surface area contributed by atoms with Crippen molar-refractivity contribution in [3.8, 4) is 0 Å². The Balaban J connectivity index is 0.00000103. The van der Waals surface area contributed by atoms with E-state index in [0.717, 1.165) is 5.57 Å². The highest BCUT2D eigenvalue weighted by molar-refractivity contribution is 9.11. The lowest BCUT2D eigenvalue weighted by atomic mass is 10.1. The number of hydrazone groups is 1. The summed E-state index contributed by atoms with van der Waals surface area (Å²) in [6, 6.07) is 3.38. The molecule has 5 N–H and O–H groups in total. The van der Waals surface area contributed by atoms with Crippen molar-refractivity contribution in [2.75, 3.05) is 17.2 Å². The topological polar surface area (TPSA) is 109 Å². The number of alkyl halides is 1. The number of anilines is 1. The van der Waals surface area contributed by atoms with E-state index in [2.05, 4.69) is 75.7 Å². The zero-order valence-corrected chi connectivity index (χ0v) is 21.8. The number of nitrogens with one attached hydrogen (secondary N) is 3. The molecule has 0 fully saturated rings. The van der Waals surface area contributed by atoms with Gasteiger partial charge < -0.3 is 16.4 Å². The predicted octanol–water partition coefficient (Wildman–Crippen LogP) is 4.81. The molecular formula is C20H26Br3N5O2. The van der Waals surface area contributed by atoms with E-state index in [9.17, 15) is 9.59 Å². The molecule has 1 aromatic rings. The van der Waals surface area contributed by atoms with E-state index >= 15 is 0 Å². The van der Waals surface area contributed by atoms with Gasteiger partial charge in [-0.15, -0.1) is 0 Å². The number of rotatable bonds is 8. The van der Waals surface area contributed by atoms with Gasteiger partial charge in [0.1, 0.15) is 5.70 Å². The van der Waals surface area contributed by atoms with Gasteiger partial charge in [0, 0.05) is 27.5 Å². The number of carbonyl (C=O) groups excluding carboxylic acids is 2. The second-order valence-electron chi connectivity index (χ2n) is 5.58. The molecule has 30 heavy (non-hydrogen) atoms. The van der Waals surface area contributed by atoms with Crippen molar-refractivity contribution in [3.63, 3.8) is 0 Å². The standard InChI is InChI=1S/C14H15Br3N4O2.C6H11N/c1-3-19-13(22)9-6-8(16)7-10(17)12(9)20-14(23)11(4-5-15)21-18-2;1-3-4-6(2)5-7/h4,6-7,21H,2-3,5H2,1H3,(H,19,22)(H,20,23);3-5H,7H2,1-2H3/b11-4-;4-3-,6-5-. The Morgan fingerprint density at radius 1 is 1.30 bits per heavy atom. The summed E-state index contributed by atoms with van der Waals surface area (Å²) in [6.45, 7) is 9.52. The van der Waals surface area contributed by atoms with Crippen molar-refractivity contribution in [1.29, 1.82) is 0 Å². The van der Waals surface area contributed by atoms with Crippen LogP contribution in [0.4, 0.5) is 5.69 Å². The summed E-state index contributed by atoms with van der Waals surface area (Å²) in [6.07, 6.45) is 7.10. The van der Waals surface area contributed by atoms with Crippen LogP contribution in [0.3, 0.4) is 0 Å². The fourth-order valence-electron chi connectivity index (χ4n) is 1.99. The number of nitrogens with zero attached hydrogens (tertiary/aromatic N) is 1. The smallest absolute Gasteiger partial charge is 0.273 e. The van der Waals surface area contributed by atoms with Crippen LogP contribution in [0.1, 0.15) is 31.1 Å². The SMILES string of the molecule is C/C=C\C(C)=C/N.C=NN/C(=C\CBr)C(=O)Nc1c(Br)cc(Br)cc1C(=O)NCC. The third-order valence-electron chi connectivity index (χ3n) is 3.29. The molecule has 0 aliphatic carbocycles. The van der Waals surface area contributed by atoms with Crippen molar-refractivity contribution in [2.45, 2.75) is 20.8 Å². The summed E-state index contributed by atoms with van der Waals surface area (Å²) in [5.74, 6) is -0.726. The highest BCUT2D eigenvalue weighted by Gasteiger charge is 2.19. The van der Waals surface area contributed by atoms with Crippen LogP contribution in [0, 0.1) is 0 Å². The fourth-order valence-corrected chi connectivity index (χ4v) is 3.63. The zero-order valence-electron chi connectivity index (χ0n) is 17.1. The lowest BCUT2D eigenvalue weighted by Gasteiger charge is -2.14. The Kier molecular flexibility index (Phi) is 14.9. The van der Waals surface area contributed by atoms with Crippen LogP contribution >= 0.6 is 47.8 Å². The third-order valence-corrected chi connectivity index (χ3v) is 4.70. The van der Waals surface area contributed by atoms with Crippen molar-refractivity contribution < 1.29 is 9.59 Å². The van der Waals surface area contributed by atoms with E-state index in [-0.39, 0.29) is 11.6 Å². The Morgan fingerprint density at radius 3 is 2.43 bits per heavy atom. The first-order chi connectivity index (χ1) is 14.2. The van der Waals surface area contributed by atoms with Crippen LogP contribution < -0.4 is 21.8 Å². The normalized spacial score (nSPS) is 11.4. The minimum atomic E-state index is -0.439. The molecule has 0 atom stereocenters. The molecule has 0 saturated carbocycles. The average molecular weight is 608 g/mol. The first-order valence-electron chi connectivity index (χ1n) is 8.83. The fraction of sp³-hybridized carbons (Fsp3) is 0.250. The summed E-state index contributed by atoms with van der Waals surface area (Å²) in [7, 11) is 0. The number of halogens is 3. The minimum Gasteiger partial charge on any atom is -0.404 e. The highest BCUT2D eigenvalue weighted by Crippen LogP contribution is 2.31. The zero-order chi connectivity index (χ0) is 23.1. The number of benzene rings is 1. The molecule has 0 heterocycles. The molecule has 164 valence electrons. The molecule has 7 nitrogen and oxygen atoms in total. The summed E-state index contributed by atoms with van der Waals surface area (Å²) >= 11 is 9.92. The van der Waals surface area contributed by atoms with Gasteiger partial charge in [-0.05, 0) is 66.7 Å². The molecule has 0 spiro atoms. The van der Waals surface area contributed by atoms with Crippen LogP contribution in [0.25, 0.3) is 0 Å². The minimum absolute atomic E-state index is 0.216. The Morgan fingerprint density at radius 2 is 1.97 bits per heavy atom. The maximum Gasteiger partial charge on any atom is 0.273 e. The number of amides is 2. The first-order valence-corrected chi connectivity index (χ1v) is 11.5. The molecule has 0 bridgehead atoms. The van der Waals surface area contributed by atoms with Crippen molar-refractivity contribution >= 4 is 72.0 Å². The second-order valence-corrected chi connectivity index (χ2v) is 7.99. The maximum atomic E-state index is 12.3. The Bertz CT molecular complexity index is 836. The number of hydrogen-bond acceptors (Lipinski definition) is 5. The maximum absolute atomic E-state index is 12.3. The van der Waals surface area contributed by atoms with E-state index in [0.29, 0.717) is 32.1 Å². The van der Waals surface area contributed by atoms with Crippen molar-refractivity contribution in [1.82, 2.24) is 10.7 Å². The monoisotopic (exact) mass is 605 g/mol. The molecule has 1 aromatic carbocycles. The van der Waals surface area contributed by atoms with E-state index in [1.165, 1.54) is 0 Å². The summed E-state index contributed by atoms with van der Waals surface area (Å²) in [4.78, 5) is 24.5. The molecule has 0 aliphatic rings. The van der Waals surface area contributed by atoms with Gasteiger partial charge in [-0.1, -0.05) is 44.0 Å². The first kappa shape index (κ1) is 28.1. The number of carbonyl (C=O) groups is 2.